The summed E-state index contributed by atoms with van der Waals surface area (Å²) in [5, 5.41) is 11.0. The van der Waals surface area contributed by atoms with Gasteiger partial charge in [-0.2, -0.15) is 5.10 Å². The summed E-state index contributed by atoms with van der Waals surface area (Å²) in [5.41, 5.74) is 8.55. The van der Waals surface area contributed by atoms with Gasteiger partial charge in [0.05, 0.1) is 16.7 Å². The van der Waals surface area contributed by atoms with Gasteiger partial charge in [-0.25, -0.2) is 14.5 Å². The lowest BCUT2D eigenvalue weighted by Gasteiger charge is -2.21. The Kier molecular flexibility index (Phi) is 7.82. The lowest BCUT2D eigenvalue weighted by atomic mass is 9.95. The molecular formula is C28H40N8O. The number of aromatic nitrogens is 5. The van der Waals surface area contributed by atoms with Gasteiger partial charge >= 0.3 is 0 Å². The molecule has 0 aromatic carbocycles. The van der Waals surface area contributed by atoms with E-state index in [-0.39, 0.29) is 23.9 Å². The third-order valence-electron chi connectivity index (χ3n) is 6.95. The van der Waals surface area contributed by atoms with E-state index < -0.39 is 0 Å². The van der Waals surface area contributed by atoms with E-state index in [1.54, 1.807) is 6.33 Å². The zero-order valence-corrected chi connectivity index (χ0v) is 23.3. The van der Waals surface area contributed by atoms with E-state index in [1.165, 1.54) is 11.1 Å². The number of hydrogen-bond acceptors (Lipinski definition) is 6. The third-order valence-corrected chi connectivity index (χ3v) is 6.95. The van der Waals surface area contributed by atoms with Gasteiger partial charge in [0.1, 0.15) is 12.1 Å². The maximum atomic E-state index is 12.2. The van der Waals surface area contributed by atoms with Gasteiger partial charge in [-0.05, 0) is 77.4 Å². The summed E-state index contributed by atoms with van der Waals surface area (Å²) < 4.78 is 1.84. The molecular weight excluding hydrogens is 464 g/mol. The van der Waals surface area contributed by atoms with Crippen LogP contribution in [0.15, 0.2) is 24.7 Å². The Morgan fingerprint density at radius 3 is 2.57 bits per heavy atom. The number of nitrogens with one attached hydrogen (secondary N) is 3. The van der Waals surface area contributed by atoms with E-state index in [1.807, 2.05) is 36.5 Å². The molecule has 4 aromatic rings. The number of nitrogens with zero attached hydrogens (tertiary/aromatic N) is 5. The predicted molar refractivity (Wildman–Crippen MR) is 150 cm³/mol. The van der Waals surface area contributed by atoms with E-state index in [2.05, 4.69) is 72.6 Å². The van der Waals surface area contributed by atoms with Crippen LogP contribution < -0.4 is 10.6 Å². The summed E-state index contributed by atoms with van der Waals surface area (Å²) in [6.45, 7) is 13.6. The van der Waals surface area contributed by atoms with Crippen molar-refractivity contribution in [2.45, 2.75) is 72.4 Å². The first kappa shape index (κ1) is 26.6. The first-order valence-electron chi connectivity index (χ1n) is 13.1. The van der Waals surface area contributed by atoms with E-state index in [0.29, 0.717) is 6.42 Å². The Morgan fingerprint density at radius 2 is 1.86 bits per heavy atom. The normalized spacial score (nSPS) is 13.6. The molecule has 0 fully saturated rings. The fourth-order valence-corrected chi connectivity index (χ4v) is 4.97. The van der Waals surface area contributed by atoms with Crippen LogP contribution in [-0.2, 0) is 4.79 Å². The maximum Gasteiger partial charge on any atom is 0.221 e. The molecule has 198 valence electrons. The Morgan fingerprint density at radius 1 is 1.11 bits per heavy atom. The molecule has 0 aliphatic heterocycles. The molecule has 1 amide bonds. The highest BCUT2D eigenvalue weighted by atomic mass is 16.1. The highest BCUT2D eigenvalue weighted by molar-refractivity contribution is 5.90. The van der Waals surface area contributed by atoms with Crippen LogP contribution in [0.3, 0.4) is 0 Å². The Bertz CT molecular complexity index is 1400. The summed E-state index contributed by atoms with van der Waals surface area (Å²) in [6, 6.07) is 4.33. The summed E-state index contributed by atoms with van der Waals surface area (Å²) in [7, 11) is 3.95. The second-order valence-electron chi connectivity index (χ2n) is 10.8. The predicted octanol–water partition coefficient (Wildman–Crippen LogP) is 4.66. The summed E-state index contributed by atoms with van der Waals surface area (Å²) in [4.78, 5) is 27.3. The SMILES string of the molecule is Cc1c(-c2[nH]c3ccc(N[C@H](C)CC(C)NC(=O)CCN(C)C)nc3c2C(C)C)cn2ncnc2c1C. The highest BCUT2D eigenvalue weighted by Gasteiger charge is 2.21. The number of aryl methyl sites for hydroxylation is 1. The largest absolute Gasteiger partial charge is 0.368 e. The lowest BCUT2D eigenvalue weighted by molar-refractivity contribution is -0.121. The molecule has 0 aliphatic carbocycles. The van der Waals surface area contributed by atoms with Gasteiger partial charge in [0.2, 0.25) is 5.91 Å². The van der Waals surface area contributed by atoms with Crippen LogP contribution in [0.2, 0.25) is 0 Å². The van der Waals surface area contributed by atoms with Crippen LogP contribution in [0.1, 0.15) is 63.1 Å². The number of anilines is 1. The van der Waals surface area contributed by atoms with Gasteiger partial charge in [-0.3, -0.25) is 4.79 Å². The molecule has 4 aromatic heterocycles. The number of amides is 1. The first-order valence-corrected chi connectivity index (χ1v) is 13.1. The highest BCUT2D eigenvalue weighted by Crippen LogP contribution is 2.37. The number of rotatable bonds is 10. The van der Waals surface area contributed by atoms with Crippen molar-refractivity contribution >= 4 is 28.4 Å². The molecule has 4 heterocycles. The molecule has 0 radical (unpaired) electrons. The van der Waals surface area contributed by atoms with Crippen molar-refractivity contribution in [3.05, 3.63) is 41.3 Å². The molecule has 0 bridgehead atoms. The molecule has 0 saturated carbocycles. The minimum Gasteiger partial charge on any atom is -0.368 e. The first-order chi connectivity index (χ1) is 17.5. The molecule has 3 N–H and O–H groups in total. The number of H-pyrrole nitrogens is 1. The standard InChI is InChI=1S/C28H40N8O/c1-16(2)25-26(21-14-36-28(29-15-30-36)20(6)19(21)5)33-22-9-10-23(34-27(22)25)31-17(3)13-18(4)32-24(37)11-12-35(7)8/h9-10,14-18,33H,11-13H2,1-8H3,(H,31,34)(H,32,37)/t17-,18?/m1/s1. The second-order valence-corrected chi connectivity index (χ2v) is 10.8. The van der Waals surface area contributed by atoms with E-state index in [9.17, 15) is 4.79 Å². The van der Waals surface area contributed by atoms with Gasteiger partial charge in [0.25, 0.3) is 0 Å². The zero-order valence-electron chi connectivity index (χ0n) is 23.3. The van der Waals surface area contributed by atoms with Gasteiger partial charge in [-0.15, -0.1) is 0 Å². The topological polar surface area (TPSA) is 103 Å². The van der Waals surface area contributed by atoms with Crippen molar-refractivity contribution in [1.82, 2.24) is 34.8 Å². The summed E-state index contributed by atoms with van der Waals surface area (Å²) >= 11 is 0. The molecule has 4 rings (SSSR count). The van der Waals surface area contributed by atoms with E-state index in [4.69, 9.17) is 4.98 Å². The minimum atomic E-state index is 0.0731. The molecule has 0 aliphatic rings. The summed E-state index contributed by atoms with van der Waals surface area (Å²) in [5.74, 6) is 1.19. The van der Waals surface area contributed by atoms with Crippen LogP contribution in [0.25, 0.3) is 27.9 Å². The molecule has 0 saturated heterocycles. The Balaban J connectivity index is 1.57. The number of aromatic amines is 1. The van der Waals surface area contributed by atoms with Crippen LogP contribution in [0.4, 0.5) is 5.82 Å². The maximum absolute atomic E-state index is 12.2. The van der Waals surface area contributed by atoms with Gasteiger partial charge in [-0.1, -0.05) is 13.8 Å². The van der Waals surface area contributed by atoms with E-state index in [0.717, 1.165) is 52.3 Å². The van der Waals surface area contributed by atoms with Crippen molar-refractivity contribution in [2.75, 3.05) is 26.0 Å². The number of carbonyl (C=O) groups excluding carboxylic acids is 1. The van der Waals surface area contributed by atoms with E-state index >= 15 is 0 Å². The molecule has 2 atom stereocenters. The zero-order chi connectivity index (χ0) is 26.9. The van der Waals surface area contributed by atoms with Crippen molar-refractivity contribution in [3.8, 4) is 11.3 Å². The summed E-state index contributed by atoms with van der Waals surface area (Å²) in [6.07, 6.45) is 4.96. The lowest BCUT2D eigenvalue weighted by Crippen LogP contribution is -2.37. The molecule has 37 heavy (non-hydrogen) atoms. The smallest absolute Gasteiger partial charge is 0.221 e. The number of hydrogen-bond donors (Lipinski definition) is 3. The van der Waals surface area contributed by atoms with Crippen molar-refractivity contribution in [3.63, 3.8) is 0 Å². The molecule has 0 spiro atoms. The molecule has 9 nitrogen and oxygen atoms in total. The number of carbonyl (C=O) groups is 1. The second kappa shape index (κ2) is 10.9. The molecule has 9 heteroatoms. The van der Waals surface area contributed by atoms with Crippen molar-refractivity contribution in [2.24, 2.45) is 0 Å². The quantitative estimate of drug-likeness (QED) is 0.290. The number of pyridine rings is 2. The van der Waals surface area contributed by atoms with Crippen LogP contribution in [0, 0.1) is 13.8 Å². The monoisotopic (exact) mass is 504 g/mol. The number of fused-ring (bicyclic) bond motifs is 2. The average Bonchev–Trinajstić information content (AvgIpc) is 3.44. The van der Waals surface area contributed by atoms with Crippen LogP contribution in [-0.4, -0.2) is 68.1 Å². The van der Waals surface area contributed by atoms with Crippen LogP contribution >= 0.6 is 0 Å². The Hall–Kier alpha value is -3.46. The third kappa shape index (κ3) is 5.77. The minimum absolute atomic E-state index is 0.0731. The van der Waals surface area contributed by atoms with Gasteiger partial charge in [0.15, 0.2) is 5.65 Å². The van der Waals surface area contributed by atoms with Crippen molar-refractivity contribution in [1.29, 1.82) is 0 Å². The van der Waals surface area contributed by atoms with Crippen LogP contribution in [0.5, 0.6) is 0 Å². The average molecular weight is 505 g/mol. The van der Waals surface area contributed by atoms with Gasteiger partial charge < -0.3 is 20.5 Å². The Labute approximate surface area is 219 Å². The van der Waals surface area contributed by atoms with Gasteiger partial charge in [0, 0.05) is 42.4 Å². The molecule has 1 unspecified atom stereocenters. The fourth-order valence-electron chi connectivity index (χ4n) is 4.97. The fraction of sp³-hybridized carbons (Fsp3) is 0.500. The van der Waals surface area contributed by atoms with Crippen molar-refractivity contribution < 1.29 is 4.79 Å².